The number of rotatable bonds is 7. The van der Waals surface area contributed by atoms with Crippen LogP contribution in [0.2, 0.25) is 0 Å². The highest BCUT2D eigenvalue weighted by atomic mass is 127. The van der Waals surface area contributed by atoms with Crippen LogP contribution in [-0.2, 0) is 9.59 Å². The lowest BCUT2D eigenvalue weighted by molar-refractivity contribution is -0.128. The molecule has 0 rings (SSSR count). The van der Waals surface area contributed by atoms with Crippen LogP contribution in [0, 0.1) is 5.41 Å². The monoisotopic (exact) mass is 441 g/mol. The van der Waals surface area contributed by atoms with Crippen molar-refractivity contribution in [2.45, 2.75) is 40.2 Å². The molecule has 1 unspecified atom stereocenters. The number of guanidine groups is 1. The molecule has 0 aliphatic carbocycles. The first-order chi connectivity index (χ1) is 10.1. The van der Waals surface area contributed by atoms with E-state index in [0.29, 0.717) is 12.5 Å². The van der Waals surface area contributed by atoms with Crippen LogP contribution in [0.4, 0.5) is 0 Å². The van der Waals surface area contributed by atoms with Crippen molar-refractivity contribution < 1.29 is 9.59 Å². The highest BCUT2D eigenvalue weighted by molar-refractivity contribution is 14.0. The third-order valence-corrected chi connectivity index (χ3v) is 3.41. The van der Waals surface area contributed by atoms with E-state index in [0.717, 1.165) is 6.42 Å². The third kappa shape index (κ3) is 9.62. The van der Waals surface area contributed by atoms with Gasteiger partial charge in [-0.2, -0.15) is 0 Å². The number of aliphatic imine (C=N–C) groups is 1. The second-order valence-electron chi connectivity index (χ2n) is 6.22. The molecule has 23 heavy (non-hydrogen) atoms. The molecule has 0 bridgehead atoms. The van der Waals surface area contributed by atoms with Gasteiger partial charge < -0.3 is 20.9 Å². The van der Waals surface area contributed by atoms with Crippen LogP contribution in [0.25, 0.3) is 0 Å². The molecule has 0 aromatic rings. The molecule has 0 radical (unpaired) electrons. The maximum absolute atomic E-state index is 11.8. The lowest BCUT2D eigenvalue weighted by Crippen LogP contribution is -2.49. The van der Waals surface area contributed by atoms with E-state index in [9.17, 15) is 9.59 Å². The van der Waals surface area contributed by atoms with Crippen molar-refractivity contribution in [3.8, 4) is 0 Å². The first-order valence-corrected chi connectivity index (χ1v) is 7.61. The molecular weight excluding hydrogens is 409 g/mol. The second kappa shape index (κ2) is 11.5. The van der Waals surface area contributed by atoms with Gasteiger partial charge in [0.25, 0.3) is 0 Å². The number of amides is 2. The molecule has 0 aromatic heterocycles. The van der Waals surface area contributed by atoms with Crippen LogP contribution < -0.4 is 16.0 Å². The Morgan fingerprint density at radius 3 is 2.26 bits per heavy atom. The van der Waals surface area contributed by atoms with E-state index in [4.69, 9.17) is 0 Å². The van der Waals surface area contributed by atoms with E-state index in [1.54, 1.807) is 21.1 Å². The number of hydrogen-bond donors (Lipinski definition) is 3. The van der Waals surface area contributed by atoms with E-state index >= 15 is 0 Å². The largest absolute Gasteiger partial charge is 0.359 e. The molecule has 0 fully saturated rings. The Bertz CT molecular complexity index is 411. The maximum atomic E-state index is 11.8. The molecule has 0 saturated carbocycles. The van der Waals surface area contributed by atoms with Gasteiger partial charge in [-0.3, -0.25) is 9.59 Å². The van der Waals surface area contributed by atoms with E-state index < -0.39 is 5.41 Å². The van der Waals surface area contributed by atoms with E-state index in [1.165, 1.54) is 4.90 Å². The van der Waals surface area contributed by atoms with Gasteiger partial charge in [-0.15, -0.1) is 24.0 Å². The predicted molar refractivity (Wildman–Crippen MR) is 105 cm³/mol. The Kier molecular flexibility index (Phi) is 12.1. The number of carbonyl (C=O) groups excluding carboxylic acids is 2. The second-order valence-corrected chi connectivity index (χ2v) is 6.22. The van der Waals surface area contributed by atoms with Crippen LogP contribution in [0.3, 0.4) is 0 Å². The lowest BCUT2D eigenvalue weighted by Gasteiger charge is -2.25. The zero-order valence-corrected chi connectivity index (χ0v) is 17.6. The Balaban J connectivity index is 0. The SMILES string of the molecule is CCC(C)NC(=NCC(=O)N(C)C)NCC(C)(C)C(=O)NC.I. The van der Waals surface area contributed by atoms with Crippen LogP contribution in [0.1, 0.15) is 34.1 Å². The van der Waals surface area contributed by atoms with Crippen molar-refractivity contribution in [2.75, 3.05) is 34.2 Å². The molecule has 136 valence electrons. The van der Waals surface area contributed by atoms with Crippen molar-refractivity contribution in [3.05, 3.63) is 0 Å². The van der Waals surface area contributed by atoms with Crippen molar-refractivity contribution in [2.24, 2.45) is 10.4 Å². The molecule has 1 atom stereocenters. The summed E-state index contributed by atoms with van der Waals surface area (Å²) in [6, 6.07) is 0.226. The van der Waals surface area contributed by atoms with Crippen molar-refractivity contribution in [1.29, 1.82) is 0 Å². The normalized spacial score (nSPS) is 12.7. The first-order valence-electron chi connectivity index (χ1n) is 7.61. The fourth-order valence-corrected chi connectivity index (χ4v) is 1.50. The number of hydrogen-bond acceptors (Lipinski definition) is 3. The summed E-state index contributed by atoms with van der Waals surface area (Å²) in [5.41, 5.74) is -0.571. The van der Waals surface area contributed by atoms with Gasteiger partial charge in [-0.05, 0) is 27.2 Å². The highest BCUT2D eigenvalue weighted by Crippen LogP contribution is 2.12. The Morgan fingerprint density at radius 2 is 1.83 bits per heavy atom. The van der Waals surface area contributed by atoms with Gasteiger partial charge in [0, 0.05) is 33.7 Å². The Morgan fingerprint density at radius 1 is 1.26 bits per heavy atom. The standard InChI is InChI=1S/C15H31N5O2.HI/c1-8-11(2)19-14(17-9-12(21)20(6)7)18-10-15(3,4)13(22)16-5;/h11H,8-10H2,1-7H3,(H,16,22)(H2,17,18,19);1H. The van der Waals surface area contributed by atoms with Gasteiger partial charge in [0.15, 0.2) is 5.96 Å². The first kappa shape index (κ1) is 24.2. The van der Waals surface area contributed by atoms with Crippen LogP contribution >= 0.6 is 24.0 Å². The van der Waals surface area contributed by atoms with E-state index in [2.05, 4.69) is 27.9 Å². The smallest absolute Gasteiger partial charge is 0.243 e. The summed E-state index contributed by atoms with van der Waals surface area (Å²) in [6.45, 7) is 8.29. The lowest BCUT2D eigenvalue weighted by atomic mass is 9.92. The molecule has 0 aliphatic heterocycles. The number of halogens is 1. The third-order valence-electron chi connectivity index (χ3n) is 3.41. The Labute approximate surface area is 157 Å². The maximum Gasteiger partial charge on any atom is 0.243 e. The molecule has 8 heteroatoms. The average Bonchev–Trinajstić information content (AvgIpc) is 2.48. The summed E-state index contributed by atoms with van der Waals surface area (Å²) in [4.78, 5) is 29.3. The number of carbonyl (C=O) groups is 2. The molecule has 0 aromatic carbocycles. The highest BCUT2D eigenvalue weighted by Gasteiger charge is 2.26. The zero-order valence-electron chi connectivity index (χ0n) is 15.3. The minimum absolute atomic E-state index is 0. The molecule has 0 saturated heterocycles. The summed E-state index contributed by atoms with van der Waals surface area (Å²) in [5, 5.41) is 9.02. The van der Waals surface area contributed by atoms with Crippen molar-refractivity contribution in [3.63, 3.8) is 0 Å². The fraction of sp³-hybridized carbons (Fsp3) is 0.800. The van der Waals surface area contributed by atoms with Crippen LogP contribution in [0.5, 0.6) is 0 Å². The molecule has 3 N–H and O–H groups in total. The van der Waals surface area contributed by atoms with E-state index in [1.807, 2.05) is 20.8 Å². The average molecular weight is 441 g/mol. The fourth-order valence-electron chi connectivity index (χ4n) is 1.50. The summed E-state index contributed by atoms with van der Waals surface area (Å²) in [6.07, 6.45) is 0.932. The number of nitrogens with zero attached hydrogens (tertiary/aromatic N) is 2. The predicted octanol–water partition coefficient (Wildman–Crippen LogP) is 0.799. The summed E-state index contributed by atoms with van der Waals surface area (Å²) in [7, 11) is 5.01. The molecule has 0 heterocycles. The topological polar surface area (TPSA) is 85.8 Å². The number of nitrogens with one attached hydrogen (secondary N) is 3. The number of likely N-dealkylation sites (N-methyl/N-ethyl adjacent to an activating group) is 1. The summed E-state index contributed by atoms with van der Waals surface area (Å²) >= 11 is 0. The summed E-state index contributed by atoms with van der Waals surface area (Å²) < 4.78 is 0. The van der Waals surface area contributed by atoms with Gasteiger partial charge in [-0.1, -0.05) is 6.92 Å². The van der Waals surface area contributed by atoms with Gasteiger partial charge in [0.1, 0.15) is 6.54 Å². The van der Waals surface area contributed by atoms with Gasteiger partial charge >= 0.3 is 0 Å². The van der Waals surface area contributed by atoms with Gasteiger partial charge in [0.2, 0.25) is 11.8 Å². The van der Waals surface area contributed by atoms with Crippen molar-refractivity contribution >= 4 is 41.8 Å². The molecule has 2 amide bonds. The van der Waals surface area contributed by atoms with Crippen molar-refractivity contribution in [1.82, 2.24) is 20.9 Å². The minimum Gasteiger partial charge on any atom is -0.359 e. The van der Waals surface area contributed by atoms with Crippen LogP contribution in [0.15, 0.2) is 4.99 Å². The molecular formula is C15H32IN5O2. The van der Waals surface area contributed by atoms with E-state index in [-0.39, 0.29) is 48.4 Å². The minimum atomic E-state index is -0.571. The van der Waals surface area contributed by atoms with Crippen LogP contribution in [-0.4, -0.2) is 62.9 Å². The Hall–Kier alpha value is -1.06. The van der Waals surface area contributed by atoms with Gasteiger partial charge in [-0.25, -0.2) is 4.99 Å². The van der Waals surface area contributed by atoms with Gasteiger partial charge in [0.05, 0.1) is 5.41 Å². The molecule has 0 aliphatic rings. The molecule has 7 nitrogen and oxygen atoms in total. The molecule has 0 spiro atoms. The quantitative estimate of drug-likeness (QED) is 0.310. The zero-order chi connectivity index (χ0) is 17.3. The summed E-state index contributed by atoms with van der Waals surface area (Å²) in [5.74, 6) is 0.421.